The Hall–Kier alpha value is -3.09. The second-order valence-corrected chi connectivity index (χ2v) is 6.29. The lowest BCUT2D eigenvalue weighted by Gasteiger charge is -2.15. The second-order valence-electron chi connectivity index (χ2n) is 6.29. The van der Waals surface area contributed by atoms with Crippen molar-refractivity contribution in [2.75, 3.05) is 20.3 Å². The highest BCUT2D eigenvalue weighted by Crippen LogP contribution is 2.14. The summed E-state index contributed by atoms with van der Waals surface area (Å²) in [5.74, 6) is 0.240. The first-order valence-corrected chi connectivity index (χ1v) is 9.17. The molecule has 0 radical (unpaired) electrons. The molecule has 0 fully saturated rings. The number of nitrogens with zero attached hydrogens (tertiary/aromatic N) is 1. The minimum Gasteiger partial charge on any atom is -0.494 e. The van der Waals surface area contributed by atoms with Crippen LogP contribution in [0.4, 0.5) is 0 Å². The van der Waals surface area contributed by atoms with Crippen LogP contribution in [-0.4, -0.2) is 42.8 Å². The number of rotatable bonds is 11. The molecule has 2 aromatic rings. The number of furan rings is 1. The summed E-state index contributed by atoms with van der Waals surface area (Å²) in [4.78, 5) is 37.3. The van der Waals surface area contributed by atoms with Crippen molar-refractivity contribution in [2.45, 2.75) is 32.7 Å². The maximum atomic E-state index is 12.2. The third-order valence-electron chi connectivity index (χ3n) is 3.96. The summed E-state index contributed by atoms with van der Waals surface area (Å²) in [7, 11) is 1.59. The Morgan fingerprint density at radius 2 is 1.82 bits per heavy atom. The van der Waals surface area contributed by atoms with Crippen LogP contribution in [0.5, 0.6) is 5.75 Å². The predicted molar refractivity (Wildman–Crippen MR) is 102 cm³/mol. The zero-order chi connectivity index (χ0) is 20.4. The number of carbonyl (C=O) groups is 3. The van der Waals surface area contributed by atoms with Crippen LogP contribution in [0.3, 0.4) is 0 Å². The Balaban J connectivity index is 1.69. The molecule has 1 amide bonds. The van der Waals surface area contributed by atoms with Gasteiger partial charge in [0.1, 0.15) is 11.5 Å². The molecule has 1 aromatic carbocycles. The van der Waals surface area contributed by atoms with Crippen LogP contribution in [0, 0.1) is 0 Å². The molecule has 7 heteroatoms. The van der Waals surface area contributed by atoms with E-state index < -0.39 is 5.97 Å². The molecule has 0 unspecified atom stereocenters. The SMILES string of the molecule is CCCOc1ccc(C(=O)CCC(=O)OCC(=O)N(C)Cc2ccco2)cc1. The molecule has 0 aliphatic rings. The summed E-state index contributed by atoms with van der Waals surface area (Å²) in [6.45, 7) is 2.56. The first-order valence-electron chi connectivity index (χ1n) is 9.17. The van der Waals surface area contributed by atoms with E-state index in [0.717, 1.165) is 6.42 Å². The van der Waals surface area contributed by atoms with Crippen molar-refractivity contribution in [3.63, 3.8) is 0 Å². The van der Waals surface area contributed by atoms with Gasteiger partial charge in [-0.3, -0.25) is 14.4 Å². The number of likely N-dealkylation sites (N-methyl/N-ethyl adjacent to an activating group) is 1. The number of amides is 1. The van der Waals surface area contributed by atoms with Crippen LogP contribution in [0.15, 0.2) is 47.1 Å². The largest absolute Gasteiger partial charge is 0.494 e. The average Bonchev–Trinajstić information content (AvgIpc) is 3.21. The number of benzene rings is 1. The second kappa shape index (κ2) is 10.9. The van der Waals surface area contributed by atoms with Crippen molar-refractivity contribution < 1.29 is 28.3 Å². The molecule has 1 aromatic heterocycles. The van der Waals surface area contributed by atoms with E-state index in [9.17, 15) is 14.4 Å². The highest BCUT2D eigenvalue weighted by molar-refractivity contribution is 5.97. The topological polar surface area (TPSA) is 86.1 Å². The summed E-state index contributed by atoms with van der Waals surface area (Å²) in [5, 5.41) is 0. The molecule has 2 rings (SSSR count). The van der Waals surface area contributed by atoms with Gasteiger partial charge in [-0.15, -0.1) is 0 Å². The lowest BCUT2D eigenvalue weighted by molar-refractivity contribution is -0.151. The number of Topliss-reactive ketones (excluding diaryl/α,β-unsaturated/α-hetero) is 1. The normalized spacial score (nSPS) is 10.4. The molecule has 0 aliphatic carbocycles. The van der Waals surface area contributed by atoms with Gasteiger partial charge in [0, 0.05) is 19.0 Å². The third-order valence-corrected chi connectivity index (χ3v) is 3.96. The summed E-state index contributed by atoms with van der Waals surface area (Å²) < 4.78 is 15.6. The maximum absolute atomic E-state index is 12.2. The van der Waals surface area contributed by atoms with Gasteiger partial charge in [-0.25, -0.2) is 0 Å². The van der Waals surface area contributed by atoms with Crippen molar-refractivity contribution in [3.8, 4) is 5.75 Å². The molecule has 0 saturated carbocycles. The number of hydrogen-bond donors (Lipinski definition) is 0. The summed E-state index contributed by atoms with van der Waals surface area (Å²) in [6, 6.07) is 10.3. The summed E-state index contributed by atoms with van der Waals surface area (Å²) in [6.07, 6.45) is 2.37. The smallest absolute Gasteiger partial charge is 0.306 e. The van der Waals surface area contributed by atoms with E-state index in [1.165, 1.54) is 11.2 Å². The number of ether oxygens (including phenoxy) is 2. The van der Waals surface area contributed by atoms with Gasteiger partial charge in [-0.1, -0.05) is 6.92 Å². The van der Waals surface area contributed by atoms with Crippen LogP contribution in [-0.2, 0) is 20.9 Å². The molecule has 28 heavy (non-hydrogen) atoms. The molecule has 0 bridgehead atoms. The number of carbonyl (C=O) groups excluding carboxylic acids is 3. The molecule has 7 nitrogen and oxygen atoms in total. The van der Waals surface area contributed by atoms with E-state index in [0.29, 0.717) is 30.2 Å². The van der Waals surface area contributed by atoms with E-state index in [2.05, 4.69) is 0 Å². The fraction of sp³-hybridized carbons (Fsp3) is 0.381. The van der Waals surface area contributed by atoms with Crippen molar-refractivity contribution in [1.29, 1.82) is 0 Å². The van der Waals surface area contributed by atoms with Gasteiger partial charge in [0.2, 0.25) is 0 Å². The molecule has 150 valence electrons. The van der Waals surface area contributed by atoms with E-state index in [-0.39, 0.29) is 31.1 Å². The maximum Gasteiger partial charge on any atom is 0.306 e. The van der Waals surface area contributed by atoms with Gasteiger partial charge in [-0.05, 0) is 42.8 Å². The standard InChI is InChI=1S/C21H25NO6/c1-3-12-26-17-8-6-16(7-9-17)19(23)10-11-21(25)28-15-20(24)22(2)14-18-5-4-13-27-18/h4-9,13H,3,10-12,14-15H2,1-2H3. The molecule has 1 heterocycles. The number of ketones is 1. The highest BCUT2D eigenvalue weighted by atomic mass is 16.5. The monoisotopic (exact) mass is 387 g/mol. The molecule has 0 atom stereocenters. The summed E-state index contributed by atoms with van der Waals surface area (Å²) in [5.41, 5.74) is 0.505. The van der Waals surface area contributed by atoms with Crippen LogP contribution in [0.2, 0.25) is 0 Å². The molecular formula is C21H25NO6. The number of hydrogen-bond acceptors (Lipinski definition) is 6. The van der Waals surface area contributed by atoms with Crippen molar-refractivity contribution in [1.82, 2.24) is 4.90 Å². The molecule has 0 aliphatic heterocycles. The van der Waals surface area contributed by atoms with Crippen molar-refractivity contribution >= 4 is 17.7 Å². The lowest BCUT2D eigenvalue weighted by atomic mass is 10.1. The fourth-order valence-corrected chi connectivity index (χ4v) is 2.37. The van der Waals surface area contributed by atoms with Gasteiger partial charge >= 0.3 is 5.97 Å². The Morgan fingerprint density at radius 1 is 1.07 bits per heavy atom. The van der Waals surface area contributed by atoms with Gasteiger partial charge in [0.05, 0.1) is 25.8 Å². The van der Waals surface area contributed by atoms with Crippen LogP contribution in [0.1, 0.15) is 42.3 Å². The summed E-state index contributed by atoms with van der Waals surface area (Å²) >= 11 is 0. The Bertz CT molecular complexity index is 767. The molecule has 0 spiro atoms. The lowest BCUT2D eigenvalue weighted by Crippen LogP contribution is -2.30. The Morgan fingerprint density at radius 3 is 2.46 bits per heavy atom. The van der Waals surface area contributed by atoms with E-state index in [1.807, 2.05) is 6.92 Å². The van der Waals surface area contributed by atoms with Crippen LogP contribution in [0.25, 0.3) is 0 Å². The molecular weight excluding hydrogens is 362 g/mol. The van der Waals surface area contributed by atoms with Gasteiger partial charge in [0.25, 0.3) is 5.91 Å². The molecule has 0 saturated heterocycles. The fourth-order valence-electron chi connectivity index (χ4n) is 2.37. The van der Waals surface area contributed by atoms with Crippen molar-refractivity contribution in [3.05, 3.63) is 54.0 Å². The third kappa shape index (κ3) is 6.90. The quantitative estimate of drug-likeness (QED) is 0.435. The van der Waals surface area contributed by atoms with Crippen LogP contribution >= 0.6 is 0 Å². The van der Waals surface area contributed by atoms with Gasteiger partial charge in [-0.2, -0.15) is 0 Å². The Labute approximate surface area is 164 Å². The minimum atomic E-state index is -0.587. The molecule has 0 N–H and O–H groups in total. The Kier molecular flexibility index (Phi) is 8.27. The van der Waals surface area contributed by atoms with Gasteiger partial charge in [0.15, 0.2) is 12.4 Å². The van der Waals surface area contributed by atoms with E-state index >= 15 is 0 Å². The van der Waals surface area contributed by atoms with Gasteiger partial charge < -0.3 is 18.8 Å². The predicted octanol–water partition coefficient (Wildman–Crippen LogP) is 3.23. The zero-order valence-corrected chi connectivity index (χ0v) is 16.2. The van der Waals surface area contributed by atoms with Crippen molar-refractivity contribution in [2.24, 2.45) is 0 Å². The average molecular weight is 387 g/mol. The highest BCUT2D eigenvalue weighted by Gasteiger charge is 2.15. The minimum absolute atomic E-state index is 0.0183. The van der Waals surface area contributed by atoms with E-state index in [1.54, 1.807) is 43.4 Å². The first kappa shape index (κ1) is 21.2. The zero-order valence-electron chi connectivity index (χ0n) is 16.2. The van der Waals surface area contributed by atoms with E-state index in [4.69, 9.17) is 13.9 Å². The first-order chi connectivity index (χ1) is 13.5. The van der Waals surface area contributed by atoms with Crippen LogP contribution < -0.4 is 4.74 Å². The number of esters is 1.